The van der Waals surface area contributed by atoms with Gasteiger partial charge in [-0.05, 0) is 49.4 Å². The number of morpholine rings is 1. The molecule has 7 nitrogen and oxygen atoms in total. The molecular formula is C19H20N2O5S. The quantitative estimate of drug-likeness (QED) is 0.793. The van der Waals surface area contributed by atoms with E-state index in [9.17, 15) is 18.0 Å². The number of rotatable bonds is 5. The summed E-state index contributed by atoms with van der Waals surface area (Å²) >= 11 is 0. The van der Waals surface area contributed by atoms with E-state index in [0.717, 1.165) is 0 Å². The van der Waals surface area contributed by atoms with Crippen LogP contribution in [0.1, 0.15) is 27.6 Å². The summed E-state index contributed by atoms with van der Waals surface area (Å²) in [5, 5.41) is 2.70. The summed E-state index contributed by atoms with van der Waals surface area (Å²) in [7, 11) is -3.67. The Bertz CT molecular complexity index is 948. The average molecular weight is 388 g/mol. The first-order valence-electron chi connectivity index (χ1n) is 8.48. The number of nitrogens with zero attached hydrogens (tertiary/aromatic N) is 1. The van der Waals surface area contributed by atoms with Crippen LogP contribution in [0.25, 0.3) is 0 Å². The van der Waals surface area contributed by atoms with Gasteiger partial charge in [0, 0.05) is 29.9 Å². The summed E-state index contributed by atoms with van der Waals surface area (Å²) in [4.78, 5) is 23.9. The molecule has 3 rings (SSSR count). The maximum Gasteiger partial charge on any atom is 0.255 e. The van der Waals surface area contributed by atoms with Gasteiger partial charge in [0.1, 0.15) is 0 Å². The van der Waals surface area contributed by atoms with E-state index in [1.54, 1.807) is 36.4 Å². The Balaban J connectivity index is 1.78. The first-order chi connectivity index (χ1) is 12.9. The number of sulfonamides is 1. The lowest BCUT2D eigenvalue weighted by Gasteiger charge is -2.26. The van der Waals surface area contributed by atoms with E-state index < -0.39 is 15.9 Å². The molecule has 0 spiro atoms. The van der Waals surface area contributed by atoms with Gasteiger partial charge in [-0.2, -0.15) is 4.31 Å². The van der Waals surface area contributed by atoms with Crippen LogP contribution in [0.3, 0.4) is 0 Å². The van der Waals surface area contributed by atoms with Crippen molar-refractivity contribution in [3.8, 4) is 0 Å². The SMILES string of the molecule is CC(=O)c1ccc(NC(=O)c2cccc(S(=O)(=O)N3CCOCC3)c2)cc1. The first-order valence-corrected chi connectivity index (χ1v) is 9.92. The van der Waals surface area contributed by atoms with Crippen LogP contribution in [0.15, 0.2) is 53.4 Å². The van der Waals surface area contributed by atoms with Crippen molar-refractivity contribution < 1.29 is 22.7 Å². The Morgan fingerprint density at radius 2 is 1.67 bits per heavy atom. The number of benzene rings is 2. The number of hydrogen-bond donors (Lipinski definition) is 1. The molecule has 0 radical (unpaired) electrons. The second-order valence-corrected chi connectivity index (χ2v) is 8.07. The lowest BCUT2D eigenvalue weighted by molar-refractivity contribution is 0.0730. The molecular weight excluding hydrogens is 368 g/mol. The van der Waals surface area contributed by atoms with Crippen LogP contribution in [0, 0.1) is 0 Å². The van der Waals surface area contributed by atoms with Gasteiger partial charge in [-0.15, -0.1) is 0 Å². The van der Waals surface area contributed by atoms with Crippen molar-refractivity contribution in [2.75, 3.05) is 31.6 Å². The number of carbonyl (C=O) groups is 2. The summed E-state index contributed by atoms with van der Waals surface area (Å²) in [5.41, 5.74) is 1.30. The molecule has 8 heteroatoms. The smallest absolute Gasteiger partial charge is 0.255 e. The van der Waals surface area contributed by atoms with Crippen molar-refractivity contribution in [2.45, 2.75) is 11.8 Å². The number of amides is 1. The van der Waals surface area contributed by atoms with E-state index in [1.165, 1.54) is 23.4 Å². The Labute approximate surface area is 158 Å². The molecule has 1 aliphatic heterocycles. The monoisotopic (exact) mass is 388 g/mol. The Kier molecular flexibility index (Phi) is 5.69. The number of Topliss-reactive ketones (excluding diaryl/α,β-unsaturated/α-hetero) is 1. The summed E-state index contributed by atoms with van der Waals surface area (Å²) in [6.45, 7) is 2.77. The highest BCUT2D eigenvalue weighted by Gasteiger charge is 2.26. The summed E-state index contributed by atoms with van der Waals surface area (Å²) in [5.74, 6) is -0.488. The lowest BCUT2D eigenvalue weighted by Crippen LogP contribution is -2.40. The van der Waals surface area contributed by atoms with Gasteiger partial charge in [-0.3, -0.25) is 9.59 Å². The van der Waals surface area contributed by atoms with Crippen molar-refractivity contribution in [3.05, 3.63) is 59.7 Å². The molecule has 0 aliphatic carbocycles. The van der Waals surface area contributed by atoms with Crippen LogP contribution < -0.4 is 5.32 Å². The van der Waals surface area contributed by atoms with E-state index in [-0.39, 0.29) is 16.2 Å². The second kappa shape index (κ2) is 7.99. The van der Waals surface area contributed by atoms with E-state index in [2.05, 4.69) is 5.32 Å². The van der Waals surface area contributed by atoms with Gasteiger partial charge in [-0.1, -0.05) is 6.07 Å². The van der Waals surface area contributed by atoms with Crippen LogP contribution in [0.2, 0.25) is 0 Å². The molecule has 27 heavy (non-hydrogen) atoms. The van der Waals surface area contributed by atoms with Gasteiger partial charge in [0.2, 0.25) is 10.0 Å². The second-order valence-electron chi connectivity index (χ2n) is 6.13. The number of hydrogen-bond acceptors (Lipinski definition) is 5. The predicted molar refractivity (Wildman–Crippen MR) is 100 cm³/mol. The van der Waals surface area contributed by atoms with Gasteiger partial charge in [-0.25, -0.2) is 8.42 Å². The molecule has 1 amide bonds. The third-order valence-electron chi connectivity index (χ3n) is 4.25. The number of ether oxygens (including phenoxy) is 1. The van der Waals surface area contributed by atoms with Crippen molar-refractivity contribution in [1.82, 2.24) is 4.31 Å². The Morgan fingerprint density at radius 3 is 2.30 bits per heavy atom. The molecule has 2 aromatic rings. The van der Waals surface area contributed by atoms with E-state index >= 15 is 0 Å². The van der Waals surface area contributed by atoms with Crippen LogP contribution in [-0.2, 0) is 14.8 Å². The standard InChI is InChI=1S/C19H20N2O5S/c1-14(22)15-5-7-17(8-6-15)20-19(23)16-3-2-4-18(13-16)27(24,25)21-9-11-26-12-10-21/h2-8,13H,9-12H2,1H3,(H,20,23). The van der Waals surface area contributed by atoms with Gasteiger partial charge in [0.25, 0.3) is 5.91 Å². The van der Waals surface area contributed by atoms with Crippen molar-refractivity contribution in [3.63, 3.8) is 0 Å². The van der Waals surface area contributed by atoms with Crippen LogP contribution >= 0.6 is 0 Å². The zero-order chi connectivity index (χ0) is 19.4. The van der Waals surface area contributed by atoms with Crippen molar-refractivity contribution in [2.24, 2.45) is 0 Å². The summed E-state index contributed by atoms with van der Waals surface area (Å²) < 4.78 is 32.0. The maximum atomic E-state index is 12.7. The highest BCUT2D eigenvalue weighted by Crippen LogP contribution is 2.19. The maximum absolute atomic E-state index is 12.7. The highest BCUT2D eigenvalue weighted by atomic mass is 32.2. The lowest BCUT2D eigenvalue weighted by atomic mass is 10.1. The van der Waals surface area contributed by atoms with Gasteiger partial charge >= 0.3 is 0 Å². The summed E-state index contributed by atoms with van der Waals surface area (Å²) in [6, 6.07) is 12.4. The molecule has 0 saturated carbocycles. The minimum atomic E-state index is -3.67. The Hall–Kier alpha value is -2.55. The topological polar surface area (TPSA) is 92.8 Å². The average Bonchev–Trinajstić information content (AvgIpc) is 2.69. The molecule has 0 unspecified atom stereocenters. The minimum absolute atomic E-state index is 0.0612. The fourth-order valence-corrected chi connectivity index (χ4v) is 4.18. The van der Waals surface area contributed by atoms with Crippen molar-refractivity contribution in [1.29, 1.82) is 0 Å². The zero-order valence-corrected chi connectivity index (χ0v) is 15.7. The van der Waals surface area contributed by atoms with Crippen LogP contribution in [0.5, 0.6) is 0 Å². The Morgan fingerprint density at radius 1 is 1.00 bits per heavy atom. The molecule has 1 heterocycles. The minimum Gasteiger partial charge on any atom is -0.379 e. The fraction of sp³-hybridized carbons (Fsp3) is 0.263. The number of ketones is 1. The van der Waals surface area contributed by atoms with Gasteiger partial charge in [0.05, 0.1) is 18.1 Å². The molecule has 0 aromatic heterocycles. The molecule has 1 aliphatic rings. The van der Waals surface area contributed by atoms with Crippen molar-refractivity contribution >= 4 is 27.4 Å². The van der Waals surface area contributed by atoms with E-state index in [0.29, 0.717) is 37.6 Å². The molecule has 1 saturated heterocycles. The zero-order valence-electron chi connectivity index (χ0n) is 14.8. The predicted octanol–water partition coefficient (Wildman–Crippen LogP) is 2.16. The van der Waals surface area contributed by atoms with Crippen LogP contribution in [0.4, 0.5) is 5.69 Å². The molecule has 2 aromatic carbocycles. The van der Waals surface area contributed by atoms with E-state index in [1.807, 2.05) is 0 Å². The number of carbonyl (C=O) groups excluding carboxylic acids is 2. The summed E-state index contributed by atoms with van der Waals surface area (Å²) in [6.07, 6.45) is 0. The molecule has 1 N–H and O–H groups in total. The number of anilines is 1. The first kappa shape index (κ1) is 19.2. The third kappa shape index (κ3) is 4.41. The normalized spacial score (nSPS) is 15.3. The third-order valence-corrected chi connectivity index (χ3v) is 6.15. The molecule has 0 atom stereocenters. The molecule has 0 bridgehead atoms. The largest absolute Gasteiger partial charge is 0.379 e. The van der Waals surface area contributed by atoms with Gasteiger partial charge < -0.3 is 10.1 Å². The highest BCUT2D eigenvalue weighted by molar-refractivity contribution is 7.89. The van der Waals surface area contributed by atoms with Crippen LogP contribution in [-0.4, -0.2) is 50.7 Å². The number of nitrogens with one attached hydrogen (secondary N) is 1. The molecule has 1 fully saturated rings. The van der Waals surface area contributed by atoms with Gasteiger partial charge in [0.15, 0.2) is 5.78 Å². The molecule has 142 valence electrons. The van der Waals surface area contributed by atoms with E-state index in [4.69, 9.17) is 4.74 Å². The fourth-order valence-electron chi connectivity index (χ4n) is 2.73.